The molecule has 9 nitrogen and oxygen atoms in total. The van der Waals surface area contributed by atoms with Crippen molar-refractivity contribution >= 4 is 11.5 Å². The van der Waals surface area contributed by atoms with Gasteiger partial charge in [0.25, 0.3) is 5.89 Å². The zero-order chi connectivity index (χ0) is 20.9. The molecule has 5 aromatic rings. The van der Waals surface area contributed by atoms with Crippen LogP contribution in [0.25, 0.3) is 17.1 Å². The summed E-state index contributed by atoms with van der Waals surface area (Å²) >= 11 is 0. The Labute approximate surface area is 175 Å². The highest BCUT2D eigenvalue weighted by Crippen LogP contribution is 2.37. The monoisotopic (exact) mass is 416 g/mol. The smallest absolute Gasteiger partial charge is 0.319 e. The Morgan fingerprint density at radius 3 is 3.00 bits per heavy atom. The summed E-state index contributed by atoms with van der Waals surface area (Å²) in [6, 6.07) is 8.83. The molecule has 0 fully saturated rings. The summed E-state index contributed by atoms with van der Waals surface area (Å²) in [6.45, 7) is 2.66. The molecule has 1 aliphatic rings. The molecule has 1 unspecified atom stereocenters. The van der Waals surface area contributed by atoms with Gasteiger partial charge in [-0.15, -0.1) is 5.10 Å². The molecule has 0 radical (unpaired) electrons. The molecule has 1 N–H and O–H groups in total. The minimum absolute atomic E-state index is 0.0265. The molecule has 1 atom stereocenters. The largest absolute Gasteiger partial charge is 0.401 e. The second-order valence-corrected chi connectivity index (χ2v) is 7.43. The van der Waals surface area contributed by atoms with Gasteiger partial charge in [-0.1, -0.05) is 11.2 Å². The first-order chi connectivity index (χ1) is 15.2. The van der Waals surface area contributed by atoms with E-state index in [2.05, 4.69) is 25.1 Å². The second-order valence-electron chi connectivity index (χ2n) is 7.43. The molecule has 0 amide bonds. The maximum absolute atomic E-state index is 14.1. The number of nitrogens with one attached hydrogen (secondary N) is 1. The van der Waals surface area contributed by atoms with E-state index in [-0.39, 0.29) is 23.6 Å². The molecule has 0 saturated heterocycles. The Hall–Kier alpha value is -4.08. The zero-order valence-corrected chi connectivity index (χ0v) is 16.5. The number of hydrogen-bond donors (Lipinski definition) is 1. The maximum atomic E-state index is 14.1. The number of fused-ring (bicyclic) bond motifs is 2. The van der Waals surface area contributed by atoms with Crippen LogP contribution < -0.4 is 4.90 Å². The summed E-state index contributed by atoms with van der Waals surface area (Å²) in [5.74, 6) is -0.483. The predicted molar refractivity (Wildman–Crippen MR) is 109 cm³/mol. The first-order valence-electron chi connectivity index (χ1n) is 9.87. The fourth-order valence-corrected chi connectivity index (χ4v) is 4.06. The van der Waals surface area contributed by atoms with Crippen molar-refractivity contribution in [1.82, 2.24) is 34.8 Å². The van der Waals surface area contributed by atoms with Gasteiger partial charge in [0, 0.05) is 31.1 Å². The van der Waals surface area contributed by atoms with Crippen LogP contribution in [0.15, 0.2) is 53.5 Å². The van der Waals surface area contributed by atoms with Crippen LogP contribution in [0.1, 0.15) is 28.7 Å². The topological polar surface area (TPSA) is 101 Å². The van der Waals surface area contributed by atoms with E-state index in [0.29, 0.717) is 6.54 Å². The van der Waals surface area contributed by atoms with E-state index in [1.54, 1.807) is 6.33 Å². The van der Waals surface area contributed by atoms with Gasteiger partial charge in [0.2, 0.25) is 0 Å². The molecule has 31 heavy (non-hydrogen) atoms. The Morgan fingerprint density at radius 1 is 1.19 bits per heavy atom. The number of halogens is 1. The van der Waals surface area contributed by atoms with Crippen molar-refractivity contribution in [3.05, 3.63) is 77.5 Å². The van der Waals surface area contributed by atoms with E-state index in [9.17, 15) is 4.39 Å². The van der Waals surface area contributed by atoms with Crippen LogP contribution >= 0.6 is 0 Å². The van der Waals surface area contributed by atoms with Gasteiger partial charge in [0.15, 0.2) is 11.5 Å². The van der Waals surface area contributed by atoms with Gasteiger partial charge >= 0.3 is 6.01 Å². The fraction of sp³-hybridized carbons (Fsp3) is 0.190. The SMILES string of the molecule is Cc1cccn2nc(C3c4nc[nH]c4CCN3c3nnc(-c4ncccc4F)o3)cc12. The van der Waals surface area contributed by atoms with Crippen molar-refractivity contribution in [2.24, 2.45) is 0 Å². The van der Waals surface area contributed by atoms with Crippen LogP contribution in [0.3, 0.4) is 0 Å². The third-order valence-corrected chi connectivity index (χ3v) is 5.56. The van der Waals surface area contributed by atoms with Crippen LogP contribution in [0, 0.1) is 12.7 Å². The van der Waals surface area contributed by atoms with E-state index in [1.807, 2.05) is 40.7 Å². The average molecular weight is 416 g/mol. The molecule has 1 aliphatic heterocycles. The normalized spacial score (nSPS) is 16.1. The number of hydrogen-bond acceptors (Lipinski definition) is 7. The summed E-state index contributed by atoms with van der Waals surface area (Å²) in [5, 5.41) is 13.0. The van der Waals surface area contributed by atoms with Gasteiger partial charge in [-0.25, -0.2) is 18.9 Å². The molecule has 6 rings (SSSR count). The Kier molecular flexibility index (Phi) is 3.85. The molecule has 154 valence electrons. The molecular formula is C21H17FN8O. The molecule has 6 heterocycles. The van der Waals surface area contributed by atoms with E-state index in [4.69, 9.17) is 9.52 Å². The fourth-order valence-electron chi connectivity index (χ4n) is 4.06. The summed E-state index contributed by atoms with van der Waals surface area (Å²) in [5.41, 5.74) is 4.88. The minimum Gasteiger partial charge on any atom is -0.401 e. The van der Waals surface area contributed by atoms with E-state index in [0.717, 1.165) is 34.6 Å². The molecule has 10 heteroatoms. The number of aryl methyl sites for hydroxylation is 1. The van der Waals surface area contributed by atoms with Crippen LogP contribution in [-0.2, 0) is 6.42 Å². The van der Waals surface area contributed by atoms with E-state index < -0.39 is 5.82 Å². The van der Waals surface area contributed by atoms with E-state index in [1.165, 1.54) is 18.3 Å². The lowest BCUT2D eigenvalue weighted by atomic mass is 10.00. The number of imidazole rings is 1. The van der Waals surface area contributed by atoms with E-state index >= 15 is 0 Å². The standard InChI is InChI=1S/C21H17FN8O/c1-12-4-3-8-30-16(12)10-15(28-30)19-18-14(24-11-25-18)6-9-29(19)21-27-26-20(31-21)17-13(22)5-2-7-23-17/h2-5,7-8,10-11,19H,6,9H2,1H3,(H,24,25). The molecule has 5 aromatic heterocycles. The quantitative estimate of drug-likeness (QED) is 0.482. The first kappa shape index (κ1) is 17.8. The molecule has 0 spiro atoms. The van der Waals surface area contributed by atoms with Crippen molar-refractivity contribution in [3.63, 3.8) is 0 Å². The third kappa shape index (κ3) is 2.79. The summed E-state index contributed by atoms with van der Waals surface area (Å²) in [4.78, 5) is 13.8. The highest BCUT2D eigenvalue weighted by molar-refractivity contribution is 5.57. The Balaban J connectivity index is 1.46. The number of anilines is 1. The summed E-state index contributed by atoms with van der Waals surface area (Å²) in [6.07, 6.45) is 5.82. The maximum Gasteiger partial charge on any atom is 0.319 e. The lowest BCUT2D eigenvalue weighted by Crippen LogP contribution is -2.36. The lowest BCUT2D eigenvalue weighted by Gasteiger charge is -2.32. The Bertz CT molecular complexity index is 1400. The minimum atomic E-state index is -0.515. The number of nitrogens with zero attached hydrogens (tertiary/aromatic N) is 7. The molecule has 0 aliphatic carbocycles. The molecular weight excluding hydrogens is 399 g/mol. The van der Waals surface area contributed by atoms with Crippen LogP contribution in [0.4, 0.5) is 10.4 Å². The first-order valence-corrected chi connectivity index (χ1v) is 9.87. The molecule has 0 aromatic carbocycles. The van der Waals surface area contributed by atoms with Gasteiger partial charge < -0.3 is 14.3 Å². The lowest BCUT2D eigenvalue weighted by molar-refractivity contribution is 0.499. The van der Waals surface area contributed by atoms with Crippen LogP contribution in [0.5, 0.6) is 0 Å². The van der Waals surface area contributed by atoms with Crippen molar-refractivity contribution in [3.8, 4) is 11.6 Å². The number of rotatable bonds is 3. The molecule has 0 bridgehead atoms. The van der Waals surface area contributed by atoms with Gasteiger partial charge in [0.1, 0.15) is 6.04 Å². The van der Waals surface area contributed by atoms with Crippen molar-refractivity contribution in [1.29, 1.82) is 0 Å². The van der Waals surface area contributed by atoms with Crippen LogP contribution in [-0.4, -0.2) is 41.3 Å². The van der Waals surface area contributed by atoms with Crippen molar-refractivity contribution in [2.75, 3.05) is 11.4 Å². The van der Waals surface area contributed by atoms with Crippen molar-refractivity contribution in [2.45, 2.75) is 19.4 Å². The molecule has 0 saturated carbocycles. The highest BCUT2D eigenvalue weighted by Gasteiger charge is 2.36. The second kappa shape index (κ2) is 6.73. The van der Waals surface area contributed by atoms with Crippen LogP contribution in [0.2, 0.25) is 0 Å². The van der Waals surface area contributed by atoms with Gasteiger partial charge in [0.05, 0.1) is 23.2 Å². The zero-order valence-electron chi connectivity index (χ0n) is 16.5. The summed E-state index contributed by atoms with van der Waals surface area (Å²) < 4.78 is 21.9. The number of H-pyrrole nitrogens is 1. The van der Waals surface area contributed by atoms with Gasteiger partial charge in [-0.2, -0.15) is 5.10 Å². The van der Waals surface area contributed by atoms with Crippen molar-refractivity contribution < 1.29 is 8.81 Å². The average Bonchev–Trinajstić information content (AvgIpc) is 3.52. The Morgan fingerprint density at radius 2 is 2.13 bits per heavy atom. The number of aromatic amines is 1. The van der Waals surface area contributed by atoms with Gasteiger partial charge in [-0.05, 0) is 36.8 Å². The third-order valence-electron chi connectivity index (χ3n) is 5.56. The summed E-state index contributed by atoms with van der Waals surface area (Å²) in [7, 11) is 0. The predicted octanol–water partition coefficient (Wildman–Crippen LogP) is 3.10. The van der Waals surface area contributed by atoms with Gasteiger partial charge in [-0.3, -0.25) is 0 Å². The number of pyridine rings is 2. The number of aromatic nitrogens is 7. The highest BCUT2D eigenvalue weighted by atomic mass is 19.1.